The molecule has 1 unspecified atom stereocenters. The van der Waals surface area contributed by atoms with Crippen LogP contribution in [0.25, 0.3) is 0 Å². The summed E-state index contributed by atoms with van der Waals surface area (Å²) in [6.45, 7) is 4.17. The van der Waals surface area contributed by atoms with Gasteiger partial charge in [0.25, 0.3) is 0 Å². The minimum Gasteiger partial charge on any atom is -0.387 e. The van der Waals surface area contributed by atoms with Crippen molar-refractivity contribution in [2.24, 2.45) is 4.99 Å². The van der Waals surface area contributed by atoms with E-state index >= 15 is 0 Å². The number of hydrogen-bond acceptors (Lipinski definition) is 3. The maximum Gasteiger partial charge on any atom is 0.194 e. The van der Waals surface area contributed by atoms with Crippen molar-refractivity contribution in [1.82, 2.24) is 10.2 Å². The number of hydrogen-bond donors (Lipinski definition) is 2. The van der Waals surface area contributed by atoms with Crippen LogP contribution in [-0.2, 0) is 6.54 Å². The summed E-state index contributed by atoms with van der Waals surface area (Å²) in [6.07, 6.45) is 0.836. The molecule has 1 saturated heterocycles. The van der Waals surface area contributed by atoms with Crippen molar-refractivity contribution in [3.63, 3.8) is 0 Å². The number of nitrogens with one attached hydrogen (secondary N) is 1. The van der Waals surface area contributed by atoms with Crippen LogP contribution < -0.4 is 5.32 Å². The number of thioether (sulfide) groups is 1. The van der Waals surface area contributed by atoms with Crippen molar-refractivity contribution in [3.8, 4) is 0 Å². The number of aliphatic hydroxyl groups is 1. The molecule has 0 bridgehead atoms. The molecule has 21 heavy (non-hydrogen) atoms. The maximum atomic E-state index is 10.4. The molecule has 1 atom stereocenters. The van der Waals surface area contributed by atoms with Gasteiger partial charge in [-0.3, -0.25) is 4.99 Å². The van der Waals surface area contributed by atoms with Crippen LogP contribution in [0.5, 0.6) is 0 Å². The van der Waals surface area contributed by atoms with Crippen LogP contribution in [0.1, 0.15) is 18.9 Å². The van der Waals surface area contributed by atoms with Gasteiger partial charge in [-0.05, 0) is 24.7 Å². The van der Waals surface area contributed by atoms with E-state index in [1.54, 1.807) is 11.8 Å². The van der Waals surface area contributed by atoms with Gasteiger partial charge in [0.2, 0.25) is 0 Å². The number of rotatable bonds is 5. The zero-order valence-corrected chi connectivity index (χ0v) is 13.7. The van der Waals surface area contributed by atoms with E-state index in [2.05, 4.69) is 34.3 Å². The molecule has 1 heterocycles. The molecule has 1 fully saturated rings. The first-order valence-electron chi connectivity index (χ1n) is 7.46. The van der Waals surface area contributed by atoms with E-state index in [0.717, 1.165) is 37.0 Å². The SMILES string of the molecule is CCNC(=NCC1(O)CCSC1)N(C)Cc1ccccc1. The molecule has 1 aromatic carbocycles. The Hall–Kier alpha value is -1.20. The summed E-state index contributed by atoms with van der Waals surface area (Å²) in [7, 11) is 2.03. The highest BCUT2D eigenvalue weighted by molar-refractivity contribution is 7.99. The van der Waals surface area contributed by atoms with Gasteiger partial charge in [0.15, 0.2) is 5.96 Å². The third-order valence-corrected chi connectivity index (χ3v) is 4.80. The largest absolute Gasteiger partial charge is 0.387 e. The van der Waals surface area contributed by atoms with E-state index in [0.29, 0.717) is 6.54 Å². The second-order valence-electron chi connectivity index (χ2n) is 5.54. The fourth-order valence-corrected chi connectivity index (χ4v) is 3.63. The van der Waals surface area contributed by atoms with Crippen LogP contribution in [0.4, 0.5) is 0 Å². The number of guanidine groups is 1. The van der Waals surface area contributed by atoms with Crippen LogP contribution in [-0.4, -0.2) is 53.2 Å². The van der Waals surface area contributed by atoms with E-state index in [4.69, 9.17) is 0 Å². The molecule has 2 N–H and O–H groups in total. The smallest absolute Gasteiger partial charge is 0.194 e. The molecule has 1 aromatic rings. The summed E-state index contributed by atoms with van der Waals surface area (Å²) >= 11 is 1.80. The van der Waals surface area contributed by atoms with E-state index in [1.165, 1.54) is 5.56 Å². The first-order valence-corrected chi connectivity index (χ1v) is 8.62. The highest BCUT2D eigenvalue weighted by Gasteiger charge is 2.31. The molecule has 1 aliphatic heterocycles. The van der Waals surface area contributed by atoms with Gasteiger partial charge in [-0.1, -0.05) is 30.3 Å². The Kier molecular flexibility index (Phi) is 5.94. The Bertz CT molecular complexity index is 458. The van der Waals surface area contributed by atoms with Gasteiger partial charge in [-0.15, -0.1) is 0 Å². The summed E-state index contributed by atoms with van der Waals surface area (Å²) in [5.41, 5.74) is 0.625. The zero-order valence-electron chi connectivity index (χ0n) is 12.9. The highest BCUT2D eigenvalue weighted by Crippen LogP contribution is 2.27. The Balaban J connectivity index is 1.99. The predicted molar refractivity (Wildman–Crippen MR) is 90.8 cm³/mol. The highest BCUT2D eigenvalue weighted by atomic mass is 32.2. The van der Waals surface area contributed by atoms with E-state index in [-0.39, 0.29) is 0 Å². The van der Waals surface area contributed by atoms with Gasteiger partial charge in [-0.2, -0.15) is 11.8 Å². The van der Waals surface area contributed by atoms with Gasteiger partial charge in [-0.25, -0.2) is 0 Å². The van der Waals surface area contributed by atoms with E-state index in [1.807, 2.05) is 25.2 Å². The first kappa shape index (κ1) is 16.2. The van der Waals surface area contributed by atoms with E-state index < -0.39 is 5.60 Å². The molecule has 0 amide bonds. The zero-order chi connectivity index (χ0) is 15.1. The second kappa shape index (κ2) is 7.71. The third-order valence-electron chi connectivity index (χ3n) is 3.56. The summed E-state index contributed by atoms with van der Waals surface area (Å²) in [6, 6.07) is 10.3. The molecule has 0 aliphatic carbocycles. The van der Waals surface area contributed by atoms with E-state index in [9.17, 15) is 5.11 Å². The van der Waals surface area contributed by atoms with Crippen molar-refractivity contribution < 1.29 is 5.11 Å². The molecular weight excluding hydrogens is 282 g/mol. The molecule has 0 spiro atoms. The Labute approximate surface area is 131 Å². The third kappa shape index (κ3) is 4.93. The average molecular weight is 307 g/mol. The normalized spacial score (nSPS) is 22.3. The summed E-state index contributed by atoms with van der Waals surface area (Å²) in [5, 5.41) is 13.7. The monoisotopic (exact) mass is 307 g/mol. The fourth-order valence-electron chi connectivity index (χ4n) is 2.35. The molecule has 2 rings (SSSR count). The molecule has 116 valence electrons. The van der Waals surface area contributed by atoms with Crippen LogP contribution in [0.2, 0.25) is 0 Å². The number of benzene rings is 1. The predicted octanol–water partition coefficient (Wildman–Crippen LogP) is 1.95. The topological polar surface area (TPSA) is 47.9 Å². The maximum absolute atomic E-state index is 10.4. The van der Waals surface area contributed by atoms with Crippen LogP contribution in [0.15, 0.2) is 35.3 Å². The van der Waals surface area contributed by atoms with Crippen molar-refractivity contribution in [2.75, 3.05) is 31.6 Å². The lowest BCUT2D eigenvalue weighted by molar-refractivity contribution is 0.0776. The van der Waals surface area contributed by atoms with Crippen LogP contribution in [0.3, 0.4) is 0 Å². The Morgan fingerprint density at radius 1 is 1.43 bits per heavy atom. The summed E-state index contributed by atoms with van der Waals surface area (Å²) in [4.78, 5) is 6.73. The van der Waals surface area contributed by atoms with Gasteiger partial charge >= 0.3 is 0 Å². The minimum atomic E-state index is -0.626. The lowest BCUT2D eigenvalue weighted by atomic mass is 10.0. The molecule has 4 nitrogen and oxygen atoms in total. The van der Waals surface area contributed by atoms with Crippen LogP contribution in [0, 0.1) is 0 Å². The minimum absolute atomic E-state index is 0.474. The molecule has 5 heteroatoms. The molecular formula is C16H25N3OS. The summed E-state index contributed by atoms with van der Waals surface area (Å²) in [5.74, 6) is 2.67. The lowest BCUT2D eigenvalue weighted by Gasteiger charge is -2.24. The fraction of sp³-hybridized carbons (Fsp3) is 0.562. The first-order chi connectivity index (χ1) is 10.1. The van der Waals surface area contributed by atoms with Crippen LogP contribution >= 0.6 is 11.8 Å². The van der Waals surface area contributed by atoms with Gasteiger partial charge in [0, 0.05) is 25.9 Å². The van der Waals surface area contributed by atoms with Crippen molar-refractivity contribution in [2.45, 2.75) is 25.5 Å². The van der Waals surface area contributed by atoms with Gasteiger partial charge in [0.1, 0.15) is 0 Å². The van der Waals surface area contributed by atoms with Crippen molar-refractivity contribution in [3.05, 3.63) is 35.9 Å². The molecule has 0 saturated carbocycles. The van der Waals surface area contributed by atoms with Crippen molar-refractivity contribution >= 4 is 17.7 Å². The lowest BCUT2D eigenvalue weighted by Crippen LogP contribution is -2.40. The molecule has 1 aliphatic rings. The number of nitrogens with zero attached hydrogens (tertiary/aromatic N) is 2. The number of aliphatic imine (C=N–C) groups is 1. The standard InChI is InChI=1S/C16H25N3OS/c1-3-17-15(18-12-16(20)9-10-21-13-16)19(2)11-14-7-5-4-6-8-14/h4-8,20H,3,9-13H2,1-2H3,(H,17,18). The Morgan fingerprint density at radius 2 is 2.19 bits per heavy atom. The molecule has 0 radical (unpaired) electrons. The second-order valence-corrected chi connectivity index (χ2v) is 6.64. The summed E-state index contributed by atoms with van der Waals surface area (Å²) < 4.78 is 0. The van der Waals surface area contributed by atoms with Gasteiger partial charge in [0.05, 0.1) is 12.1 Å². The quantitative estimate of drug-likeness (QED) is 0.645. The van der Waals surface area contributed by atoms with Gasteiger partial charge < -0.3 is 15.3 Å². The Morgan fingerprint density at radius 3 is 2.81 bits per heavy atom. The average Bonchev–Trinajstić information content (AvgIpc) is 2.91. The van der Waals surface area contributed by atoms with Crippen molar-refractivity contribution in [1.29, 1.82) is 0 Å². The molecule has 0 aromatic heterocycles.